The summed E-state index contributed by atoms with van der Waals surface area (Å²) in [5.74, 6) is 0.217. The highest BCUT2D eigenvalue weighted by atomic mass is 32.1. The van der Waals surface area contributed by atoms with Crippen molar-refractivity contribution in [2.45, 2.75) is 26.8 Å². The third kappa shape index (κ3) is 6.02. The number of allylic oxidation sites excluding steroid dienone is 1. The van der Waals surface area contributed by atoms with E-state index >= 15 is 0 Å². The van der Waals surface area contributed by atoms with Crippen molar-refractivity contribution in [2.75, 3.05) is 20.3 Å². The Balaban J connectivity index is 1.56. The smallest absolute Gasteiger partial charge is 0.338 e. The normalized spacial score (nSPS) is 14.3. The van der Waals surface area contributed by atoms with Crippen LogP contribution in [-0.4, -0.2) is 45.6 Å². The molecule has 0 bridgehead atoms. The van der Waals surface area contributed by atoms with Crippen molar-refractivity contribution in [1.82, 2.24) is 14.3 Å². The number of carbonyl (C=O) groups is 1. The van der Waals surface area contributed by atoms with Gasteiger partial charge in [-0.15, -0.1) is 0 Å². The number of aromatic nitrogens is 3. The number of methoxy groups -OCH3 is 1. The standard InChI is InChI=1S/C35H31N5O7S/c1-5-46-28-17-14-23(18-27(28)40(43)44)31-24(20-38(37-31)25-10-8-7-9-11-25)19-29-33(41)39-32(22-12-15-26(45-4)16-13-22)30(34(42)47-6-2)21(3)36-35(39)48-29/h7-20,32H,5-6H2,1-4H3/b29-19-. The van der Waals surface area contributed by atoms with E-state index in [0.29, 0.717) is 43.2 Å². The number of carbonyl (C=O) groups excluding carboxylic acids is 1. The zero-order chi connectivity index (χ0) is 33.9. The van der Waals surface area contributed by atoms with E-state index in [1.165, 1.54) is 22.0 Å². The average Bonchev–Trinajstić information content (AvgIpc) is 3.65. The van der Waals surface area contributed by atoms with Crippen LogP contribution in [0.3, 0.4) is 0 Å². The summed E-state index contributed by atoms with van der Waals surface area (Å²) in [7, 11) is 1.56. The number of hydrogen-bond acceptors (Lipinski definition) is 10. The minimum Gasteiger partial charge on any atom is -0.497 e. The lowest BCUT2D eigenvalue weighted by Crippen LogP contribution is -2.39. The van der Waals surface area contributed by atoms with E-state index in [1.54, 1.807) is 81.2 Å². The van der Waals surface area contributed by atoms with Crippen molar-refractivity contribution in [3.8, 4) is 28.4 Å². The molecule has 0 N–H and O–H groups in total. The predicted octanol–water partition coefficient (Wildman–Crippen LogP) is 4.97. The third-order valence-electron chi connectivity index (χ3n) is 7.73. The number of esters is 1. The molecule has 244 valence electrons. The fraction of sp³-hybridized carbons (Fsp3) is 0.200. The highest BCUT2D eigenvalue weighted by Gasteiger charge is 2.33. The van der Waals surface area contributed by atoms with Crippen LogP contribution in [0.5, 0.6) is 11.5 Å². The van der Waals surface area contributed by atoms with Gasteiger partial charge in [-0.25, -0.2) is 14.5 Å². The van der Waals surface area contributed by atoms with E-state index < -0.39 is 16.9 Å². The molecule has 0 spiro atoms. The lowest BCUT2D eigenvalue weighted by atomic mass is 9.96. The quantitative estimate of drug-likeness (QED) is 0.116. The molecule has 1 aliphatic heterocycles. The molecule has 0 aliphatic carbocycles. The highest BCUT2D eigenvalue weighted by molar-refractivity contribution is 7.07. The highest BCUT2D eigenvalue weighted by Crippen LogP contribution is 2.34. The zero-order valence-electron chi connectivity index (χ0n) is 26.6. The SMILES string of the molecule is CCOC(=O)C1=C(C)N=c2s/c(=C\c3cn(-c4ccccc4)nc3-c3ccc(OCC)c([N+](=O)[O-])c3)c(=O)n2C1c1ccc(OC)cc1. The summed E-state index contributed by atoms with van der Waals surface area (Å²) in [5, 5.41) is 16.8. The molecule has 13 heteroatoms. The maximum Gasteiger partial charge on any atom is 0.338 e. The van der Waals surface area contributed by atoms with E-state index in [-0.39, 0.29) is 35.8 Å². The van der Waals surface area contributed by atoms with E-state index in [4.69, 9.17) is 19.3 Å². The maximum atomic E-state index is 14.3. The van der Waals surface area contributed by atoms with E-state index in [9.17, 15) is 19.7 Å². The lowest BCUT2D eigenvalue weighted by Gasteiger charge is -2.24. The number of nitrogens with zero attached hydrogens (tertiary/aromatic N) is 5. The molecule has 3 aromatic carbocycles. The summed E-state index contributed by atoms with van der Waals surface area (Å²) in [6, 6.07) is 20.4. The number of para-hydroxylation sites is 1. The summed E-state index contributed by atoms with van der Waals surface area (Å²) in [6.45, 7) is 5.62. The van der Waals surface area contributed by atoms with Crippen molar-refractivity contribution in [1.29, 1.82) is 0 Å². The predicted molar refractivity (Wildman–Crippen MR) is 180 cm³/mol. The van der Waals surface area contributed by atoms with Gasteiger partial charge in [-0.1, -0.05) is 41.7 Å². The van der Waals surface area contributed by atoms with Crippen LogP contribution < -0.4 is 24.4 Å². The number of hydrogen-bond donors (Lipinski definition) is 0. The number of fused-ring (bicyclic) bond motifs is 1. The van der Waals surface area contributed by atoms with Crippen LogP contribution in [-0.2, 0) is 9.53 Å². The Hall–Kier alpha value is -5.82. The van der Waals surface area contributed by atoms with Crippen molar-refractivity contribution in [3.05, 3.63) is 131 Å². The van der Waals surface area contributed by atoms with E-state index in [1.807, 2.05) is 30.3 Å². The first-order valence-electron chi connectivity index (χ1n) is 15.1. The second kappa shape index (κ2) is 13.5. The van der Waals surface area contributed by atoms with Gasteiger partial charge in [0.1, 0.15) is 11.4 Å². The molecule has 0 saturated carbocycles. The summed E-state index contributed by atoms with van der Waals surface area (Å²) < 4.78 is 19.7. The minimum atomic E-state index is -0.798. The van der Waals surface area contributed by atoms with Crippen LogP contribution in [0, 0.1) is 10.1 Å². The molecule has 1 unspecified atom stereocenters. The topological polar surface area (TPSA) is 140 Å². The van der Waals surface area contributed by atoms with Crippen molar-refractivity contribution in [3.63, 3.8) is 0 Å². The fourth-order valence-corrected chi connectivity index (χ4v) is 6.59. The first kappa shape index (κ1) is 32.1. The molecule has 0 saturated heterocycles. The molecule has 0 fully saturated rings. The average molecular weight is 666 g/mol. The van der Waals surface area contributed by atoms with Gasteiger partial charge < -0.3 is 14.2 Å². The summed E-state index contributed by atoms with van der Waals surface area (Å²) in [5.41, 5.74) is 3.02. The van der Waals surface area contributed by atoms with Crippen LogP contribution >= 0.6 is 11.3 Å². The van der Waals surface area contributed by atoms with Crippen LogP contribution in [0.25, 0.3) is 23.0 Å². The number of ether oxygens (including phenoxy) is 3. The summed E-state index contributed by atoms with van der Waals surface area (Å²) >= 11 is 1.17. The molecule has 0 radical (unpaired) electrons. The molecule has 48 heavy (non-hydrogen) atoms. The largest absolute Gasteiger partial charge is 0.497 e. The van der Waals surface area contributed by atoms with Gasteiger partial charge in [0.15, 0.2) is 10.6 Å². The van der Waals surface area contributed by atoms with Crippen molar-refractivity contribution in [2.24, 2.45) is 4.99 Å². The molecule has 1 atom stereocenters. The second-order valence-corrected chi connectivity index (χ2v) is 11.7. The molecule has 5 aromatic rings. The third-order valence-corrected chi connectivity index (χ3v) is 8.71. The molecule has 2 aromatic heterocycles. The molecule has 12 nitrogen and oxygen atoms in total. The van der Waals surface area contributed by atoms with Gasteiger partial charge in [-0.2, -0.15) is 5.10 Å². The molecule has 6 rings (SSSR count). The molecular weight excluding hydrogens is 634 g/mol. The van der Waals surface area contributed by atoms with Gasteiger partial charge in [0, 0.05) is 23.4 Å². The Morgan fingerprint density at radius 3 is 2.48 bits per heavy atom. The molecule has 3 heterocycles. The van der Waals surface area contributed by atoms with Crippen molar-refractivity contribution >= 4 is 29.1 Å². The van der Waals surface area contributed by atoms with Crippen molar-refractivity contribution < 1.29 is 23.9 Å². The number of nitro benzene ring substituents is 1. The Kier molecular flexibility index (Phi) is 9.04. The lowest BCUT2D eigenvalue weighted by molar-refractivity contribution is -0.385. The fourth-order valence-electron chi connectivity index (χ4n) is 5.55. The van der Waals surface area contributed by atoms with Gasteiger partial charge in [-0.3, -0.25) is 19.5 Å². The Labute approximate surface area is 278 Å². The number of nitro groups is 1. The van der Waals surface area contributed by atoms with Crippen LogP contribution in [0.1, 0.15) is 37.9 Å². The zero-order valence-corrected chi connectivity index (χ0v) is 27.4. The van der Waals surface area contributed by atoms with Gasteiger partial charge in [-0.05, 0) is 68.8 Å². The Morgan fingerprint density at radius 2 is 1.81 bits per heavy atom. The van der Waals surface area contributed by atoms with Crippen LogP contribution in [0.4, 0.5) is 5.69 Å². The number of thiazole rings is 1. The molecule has 0 amide bonds. The van der Waals surface area contributed by atoms with Gasteiger partial charge in [0.2, 0.25) is 0 Å². The molecule has 1 aliphatic rings. The Morgan fingerprint density at radius 1 is 1.06 bits per heavy atom. The summed E-state index contributed by atoms with van der Waals surface area (Å²) in [6.07, 6.45) is 3.46. The van der Waals surface area contributed by atoms with Crippen LogP contribution in [0.2, 0.25) is 0 Å². The van der Waals surface area contributed by atoms with Crippen LogP contribution in [0.15, 0.2) is 100 Å². The monoisotopic (exact) mass is 665 g/mol. The maximum absolute atomic E-state index is 14.3. The van der Waals surface area contributed by atoms with Gasteiger partial charge >= 0.3 is 11.7 Å². The minimum absolute atomic E-state index is 0.148. The van der Waals surface area contributed by atoms with E-state index in [2.05, 4.69) is 4.99 Å². The van der Waals surface area contributed by atoms with Gasteiger partial charge in [0.05, 0.1) is 52.8 Å². The summed E-state index contributed by atoms with van der Waals surface area (Å²) in [4.78, 5) is 44.1. The Bertz CT molecular complexity index is 2240. The van der Waals surface area contributed by atoms with Gasteiger partial charge in [0.25, 0.3) is 5.56 Å². The first-order valence-corrected chi connectivity index (χ1v) is 16.0. The number of rotatable bonds is 10. The first-order chi connectivity index (χ1) is 23.2. The second-order valence-electron chi connectivity index (χ2n) is 10.7. The molecular formula is C35H31N5O7S. The van der Waals surface area contributed by atoms with E-state index in [0.717, 1.165) is 5.69 Å². The number of benzene rings is 3.